The van der Waals surface area contributed by atoms with Crippen molar-refractivity contribution in [1.29, 1.82) is 0 Å². The number of benzene rings is 2. The number of aliphatic hydroxyl groups excluding tert-OH is 1. The molecule has 5 rings (SSSR count). The van der Waals surface area contributed by atoms with Gasteiger partial charge in [0.05, 0.1) is 28.4 Å². The van der Waals surface area contributed by atoms with Gasteiger partial charge in [0.25, 0.3) is 11.6 Å². The van der Waals surface area contributed by atoms with E-state index in [1.165, 1.54) is 0 Å². The van der Waals surface area contributed by atoms with Crippen molar-refractivity contribution in [2.75, 3.05) is 32.7 Å². The number of piperazine rings is 1. The molecule has 1 amide bonds. The fourth-order valence-corrected chi connectivity index (χ4v) is 4.35. The quantitative estimate of drug-likeness (QED) is 0.508. The van der Waals surface area contributed by atoms with E-state index in [0.717, 1.165) is 11.1 Å². The number of amides is 1. The van der Waals surface area contributed by atoms with Crippen LogP contribution < -0.4 is 0 Å². The van der Waals surface area contributed by atoms with Gasteiger partial charge in [-0.1, -0.05) is 65.8 Å². The lowest BCUT2D eigenvalue weighted by atomic mass is 10.0. The Morgan fingerprint density at radius 1 is 1.03 bits per heavy atom. The van der Waals surface area contributed by atoms with E-state index in [4.69, 9.17) is 4.52 Å². The summed E-state index contributed by atoms with van der Waals surface area (Å²) in [6.07, 6.45) is -0.540. The summed E-state index contributed by atoms with van der Waals surface area (Å²) in [5.74, 6) is -0.0471. The average Bonchev–Trinajstić information content (AvgIpc) is 3.25. The van der Waals surface area contributed by atoms with Gasteiger partial charge in [-0.2, -0.15) is 0 Å². The highest BCUT2D eigenvalue weighted by atomic mass is 16.5. The van der Waals surface area contributed by atoms with Crippen LogP contribution in [0, 0.1) is 6.92 Å². The number of hydrogen-bond donors (Lipinski definition) is 1. The molecule has 0 radical (unpaired) electrons. The number of aromatic nitrogens is 2. The second-order valence-corrected chi connectivity index (χ2v) is 8.39. The van der Waals surface area contributed by atoms with E-state index in [1.54, 1.807) is 0 Å². The van der Waals surface area contributed by atoms with E-state index in [0.29, 0.717) is 60.8 Å². The standard InChI is InChI=1S/C26H26N4O3/c1-18-24-21(16-22(27-25(24)33-28-18)19-8-4-2-5-9-19)26(32)30-14-12-29(13-15-30)17-23(31)20-10-6-3-7-11-20/h2-11,16,23,31H,12-15,17H2,1H3. The SMILES string of the molecule is Cc1noc2nc(-c3ccccc3)cc(C(=O)N3CCN(CC(O)c4ccccc4)CC3)c12. The Labute approximate surface area is 192 Å². The minimum absolute atomic E-state index is 0.0471. The van der Waals surface area contributed by atoms with Gasteiger partial charge in [-0.3, -0.25) is 9.69 Å². The third-order valence-corrected chi connectivity index (χ3v) is 6.19. The Kier molecular flexibility index (Phi) is 5.90. The van der Waals surface area contributed by atoms with E-state index in [-0.39, 0.29) is 5.91 Å². The Hall–Kier alpha value is -3.55. The highest BCUT2D eigenvalue weighted by Gasteiger charge is 2.27. The summed E-state index contributed by atoms with van der Waals surface area (Å²) < 4.78 is 5.42. The smallest absolute Gasteiger partial charge is 0.259 e. The Morgan fingerprint density at radius 3 is 2.39 bits per heavy atom. The topological polar surface area (TPSA) is 82.7 Å². The molecule has 0 bridgehead atoms. The largest absolute Gasteiger partial charge is 0.387 e. The van der Waals surface area contributed by atoms with Crippen molar-refractivity contribution in [1.82, 2.24) is 19.9 Å². The second kappa shape index (κ2) is 9.13. The third kappa shape index (κ3) is 4.37. The minimum Gasteiger partial charge on any atom is -0.387 e. The molecule has 1 saturated heterocycles. The molecule has 0 spiro atoms. The first-order valence-electron chi connectivity index (χ1n) is 11.2. The number of aliphatic hydroxyl groups is 1. The zero-order valence-corrected chi connectivity index (χ0v) is 18.5. The molecule has 0 aliphatic carbocycles. The maximum absolute atomic E-state index is 13.6. The number of hydrogen-bond acceptors (Lipinski definition) is 6. The lowest BCUT2D eigenvalue weighted by Crippen LogP contribution is -2.49. The van der Waals surface area contributed by atoms with Crippen LogP contribution in [0.15, 0.2) is 71.3 Å². The van der Waals surface area contributed by atoms with Crippen LogP contribution in [-0.4, -0.2) is 63.7 Å². The number of β-amino-alcohol motifs (C(OH)–C–C–N with tert-alkyl or cyclic N) is 1. The summed E-state index contributed by atoms with van der Waals surface area (Å²) in [4.78, 5) is 22.2. The molecule has 168 valence electrons. The molecule has 2 aromatic carbocycles. The van der Waals surface area contributed by atoms with Crippen molar-refractivity contribution in [3.8, 4) is 11.3 Å². The zero-order valence-electron chi connectivity index (χ0n) is 18.5. The predicted molar refractivity (Wildman–Crippen MR) is 126 cm³/mol. The first-order chi connectivity index (χ1) is 16.1. The van der Waals surface area contributed by atoms with Gasteiger partial charge < -0.3 is 14.5 Å². The van der Waals surface area contributed by atoms with Gasteiger partial charge in [-0.15, -0.1) is 0 Å². The first-order valence-corrected chi connectivity index (χ1v) is 11.2. The van der Waals surface area contributed by atoms with Gasteiger partial charge in [0, 0.05) is 38.3 Å². The van der Waals surface area contributed by atoms with Crippen molar-refractivity contribution in [2.24, 2.45) is 0 Å². The minimum atomic E-state index is -0.540. The maximum Gasteiger partial charge on any atom is 0.259 e. The number of rotatable bonds is 5. The molecule has 33 heavy (non-hydrogen) atoms. The molecule has 3 heterocycles. The molecule has 1 fully saturated rings. The van der Waals surface area contributed by atoms with E-state index < -0.39 is 6.10 Å². The zero-order chi connectivity index (χ0) is 22.8. The molecule has 7 nitrogen and oxygen atoms in total. The summed E-state index contributed by atoms with van der Waals surface area (Å²) in [7, 11) is 0. The molecule has 1 unspecified atom stereocenters. The van der Waals surface area contributed by atoms with Crippen LogP contribution in [0.1, 0.15) is 27.7 Å². The summed E-state index contributed by atoms with van der Waals surface area (Å²) in [5, 5.41) is 15.3. The summed E-state index contributed by atoms with van der Waals surface area (Å²) in [5.41, 5.74) is 4.11. The number of carbonyl (C=O) groups is 1. The highest BCUT2D eigenvalue weighted by Crippen LogP contribution is 2.28. The van der Waals surface area contributed by atoms with Crippen LogP contribution in [0.2, 0.25) is 0 Å². The molecule has 4 aromatic rings. The normalized spacial score (nSPS) is 15.6. The van der Waals surface area contributed by atoms with Crippen LogP contribution in [0.25, 0.3) is 22.4 Å². The van der Waals surface area contributed by atoms with Crippen LogP contribution >= 0.6 is 0 Å². The lowest BCUT2D eigenvalue weighted by molar-refractivity contribution is 0.0529. The van der Waals surface area contributed by atoms with E-state index in [1.807, 2.05) is 78.6 Å². The van der Waals surface area contributed by atoms with E-state index in [9.17, 15) is 9.90 Å². The van der Waals surface area contributed by atoms with E-state index >= 15 is 0 Å². The monoisotopic (exact) mass is 442 g/mol. The Morgan fingerprint density at radius 2 is 1.70 bits per heavy atom. The van der Waals surface area contributed by atoms with Crippen LogP contribution in [0.5, 0.6) is 0 Å². The van der Waals surface area contributed by atoms with Gasteiger partial charge in [-0.05, 0) is 18.6 Å². The van der Waals surface area contributed by atoms with Crippen LogP contribution in [-0.2, 0) is 0 Å². The number of fused-ring (bicyclic) bond motifs is 1. The molecule has 1 N–H and O–H groups in total. The van der Waals surface area contributed by atoms with Crippen LogP contribution in [0.3, 0.4) is 0 Å². The molecule has 2 aromatic heterocycles. The van der Waals surface area contributed by atoms with Crippen molar-refractivity contribution >= 4 is 17.0 Å². The molecular formula is C26H26N4O3. The maximum atomic E-state index is 13.6. The molecule has 1 aliphatic rings. The van der Waals surface area contributed by atoms with Crippen LogP contribution in [0.4, 0.5) is 0 Å². The van der Waals surface area contributed by atoms with E-state index in [2.05, 4.69) is 15.0 Å². The lowest BCUT2D eigenvalue weighted by Gasteiger charge is -2.35. The Bertz CT molecular complexity index is 1250. The predicted octanol–water partition coefficient (Wildman–Crippen LogP) is 3.69. The van der Waals surface area contributed by atoms with Gasteiger partial charge in [-0.25, -0.2) is 4.98 Å². The average molecular weight is 443 g/mol. The second-order valence-electron chi connectivity index (χ2n) is 8.39. The molecule has 7 heteroatoms. The number of aryl methyl sites for hydroxylation is 1. The third-order valence-electron chi connectivity index (χ3n) is 6.19. The highest BCUT2D eigenvalue weighted by molar-refractivity contribution is 6.07. The van der Waals surface area contributed by atoms with Crippen molar-refractivity contribution in [2.45, 2.75) is 13.0 Å². The molecule has 1 atom stereocenters. The Balaban J connectivity index is 1.34. The van der Waals surface area contributed by atoms with Gasteiger partial charge in [0.2, 0.25) is 0 Å². The number of carbonyl (C=O) groups excluding carboxylic acids is 1. The first kappa shape index (κ1) is 21.3. The van der Waals surface area contributed by atoms with Gasteiger partial charge in [0.15, 0.2) is 0 Å². The van der Waals surface area contributed by atoms with Crippen molar-refractivity contribution < 1.29 is 14.4 Å². The fourth-order valence-electron chi connectivity index (χ4n) is 4.35. The summed E-state index contributed by atoms with van der Waals surface area (Å²) in [6.45, 7) is 4.98. The fraction of sp³-hybridized carbons (Fsp3) is 0.269. The molecule has 1 aliphatic heterocycles. The molecule has 0 saturated carbocycles. The van der Waals surface area contributed by atoms with Crippen molar-refractivity contribution in [3.63, 3.8) is 0 Å². The summed E-state index contributed by atoms with van der Waals surface area (Å²) >= 11 is 0. The number of nitrogens with zero attached hydrogens (tertiary/aromatic N) is 4. The van der Waals surface area contributed by atoms with Crippen molar-refractivity contribution in [3.05, 3.63) is 83.6 Å². The number of pyridine rings is 1. The molecular weight excluding hydrogens is 416 g/mol. The van der Waals surface area contributed by atoms with Gasteiger partial charge >= 0.3 is 0 Å². The summed E-state index contributed by atoms with van der Waals surface area (Å²) in [6, 6.07) is 21.3. The van der Waals surface area contributed by atoms with Gasteiger partial charge in [0.1, 0.15) is 0 Å².